The third-order valence-electron chi connectivity index (χ3n) is 6.02. The standard InChI is InChI=1S/C25H21N7O/c33-25(17-3-8-26-9-4-17)32-11-6-16(7-12-32)23-14-20-22(5-10-27-24(20)30-23)29-19-1-2-21-18(13-19)15-28-31-21/h1-6,8-10,13-15H,7,11-12H2,(H,28,31)(H2,27,29,30). The lowest BCUT2D eigenvalue weighted by Gasteiger charge is -2.26. The molecule has 5 heterocycles. The van der Waals surface area contributed by atoms with Crippen LogP contribution in [-0.4, -0.2) is 49.0 Å². The van der Waals surface area contributed by atoms with Crippen molar-refractivity contribution >= 4 is 44.8 Å². The first-order valence-electron chi connectivity index (χ1n) is 10.8. The summed E-state index contributed by atoms with van der Waals surface area (Å²) in [6, 6.07) is 13.7. The highest BCUT2D eigenvalue weighted by molar-refractivity contribution is 5.96. The van der Waals surface area contributed by atoms with Crippen LogP contribution in [0.5, 0.6) is 0 Å². The van der Waals surface area contributed by atoms with Gasteiger partial charge in [-0.3, -0.25) is 14.9 Å². The van der Waals surface area contributed by atoms with E-state index in [9.17, 15) is 4.79 Å². The van der Waals surface area contributed by atoms with Gasteiger partial charge in [-0.2, -0.15) is 5.10 Å². The number of aromatic nitrogens is 5. The summed E-state index contributed by atoms with van der Waals surface area (Å²) < 4.78 is 0. The summed E-state index contributed by atoms with van der Waals surface area (Å²) in [5.41, 5.74) is 6.70. The third kappa shape index (κ3) is 3.61. The predicted octanol–water partition coefficient (Wildman–Crippen LogP) is 4.51. The molecular weight excluding hydrogens is 414 g/mol. The number of benzene rings is 1. The monoisotopic (exact) mass is 435 g/mol. The number of anilines is 2. The van der Waals surface area contributed by atoms with Gasteiger partial charge >= 0.3 is 0 Å². The number of carbonyl (C=O) groups is 1. The summed E-state index contributed by atoms with van der Waals surface area (Å²) in [6.45, 7) is 1.25. The number of nitrogens with one attached hydrogen (secondary N) is 3. The first-order chi connectivity index (χ1) is 16.2. The number of H-pyrrole nitrogens is 2. The molecule has 0 saturated carbocycles. The van der Waals surface area contributed by atoms with Crippen molar-refractivity contribution in [3.63, 3.8) is 0 Å². The molecular formula is C25H21N7O. The van der Waals surface area contributed by atoms with Gasteiger partial charge in [-0.1, -0.05) is 6.08 Å². The van der Waals surface area contributed by atoms with Gasteiger partial charge in [0.05, 0.1) is 17.4 Å². The second-order valence-electron chi connectivity index (χ2n) is 8.07. The van der Waals surface area contributed by atoms with E-state index in [-0.39, 0.29) is 5.91 Å². The summed E-state index contributed by atoms with van der Waals surface area (Å²) in [5, 5.41) is 12.6. The zero-order valence-electron chi connectivity index (χ0n) is 17.7. The molecule has 5 aromatic rings. The van der Waals surface area contributed by atoms with Crippen molar-refractivity contribution in [1.82, 2.24) is 30.0 Å². The zero-order valence-corrected chi connectivity index (χ0v) is 17.7. The van der Waals surface area contributed by atoms with Crippen molar-refractivity contribution in [3.8, 4) is 0 Å². The lowest BCUT2D eigenvalue weighted by atomic mass is 10.0. The van der Waals surface area contributed by atoms with Gasteiger partial charge in [-0.25, -0.2) is 4.98 Å². The van der Waals surface area contributed by atoms with Crippen LogP contribution < -0.4 is 5.32 Å². The van der Waals surface area contributed by atoms with Crippen molar-refractivity contribution in [1.29, 1.82) is 0 Å². The van der Waals surface area contributed by atoms with Crippen molar-refractivity contribution in [2.45, 2.75) is 6.42 Å². The average Bonchev–Trinajstić information content (AvgIpc) is 3.52. The molecule has 1 aliphatic rings. The van der Waals surface area contributed by atoms with E-state index < -0.39 is 0 Å². The molecule has 162 valence electrons. The third-order valence-corrected chi connectivity index (χ3v) is 6.02. The van der Waals surface area contributed by atoms with Gasteiger partial charge in [0.1, 0.15) is 5.65 Å². The molecule has 1 aromatic carbocycles. The summed E-state index contributed by atoms with van der Waals surface area (Å²) in [6.07, 6.45) is 9.81. The fraction of sp³-hybridized carbons (Fsp3) is 0.120. The Morgan fingerprint density at radius 2 is 1.97 bits per heavy atom. The number of pyridine rings is 2. The Morgan fingerprint density at radius 3 is 2.82 bits per heavy atom. The molecule has 8 heteroatoms. The van der Waals surface area contributed by atoms with Crippen LogP contribution in [0.15, 0.2) is 73.3 Å². The second-order valence-corrected chi connectivity index (χ2v) is 8.07. The van der Waals surface area contributed by atoms with Crippen LogP contribution in [0, 0.1) is 0 Å². The molecule has 0 saturated heterocycles. The quantitative estimate of drug-likeness (QED) is 0.386. The Morgan fingerprint density at radius 1 is 1.06 bits per heavy atom. The van der Waals surface area contributed by atoms with E-state index in [1.807, 2.05) is 29.3 Å². The lowest BCUT2D eigenvalue weighted by Crippen LogP contribution is -2.34. The van der Waals surface area contributed by atoms with Crippen LogP contribution in [0.1, 0.15) is 22.5 Å². The molecule has 0 aliphatic carbocycles. The number of rotatable bonds is 4. The highest BCUT2D eigenvalue weighted by Crippen LogP contribution is 2.31. The van der Waals surface area contributed by atoms with Crippen molar-refractivity contribution in [3.05, 3.63) is 84.6 Å². The van der Waals surface area contributed by atoms with E-state index in [0.29, 0.717) is 18.7 Å². The number of nitrogens with zero attached hydrogens (tertiary/aromatic N) is 4. The van der Waals surface area contributed by atoms with Crippen LogP contribution in [0.3, 0.4) is 0 Å². The Kier molecular flexibility index (Phi) is 4.61. The fourth-order valence-electron chi connectivity index (χ4n) is 4.26. The number of aromatic amines is 2. The maximum absolute atomic E-state index is 12.7. The van der Waals surface area contributed by atoms with Gasteiger partial charge < -0.3 is 15.2 Å². The first kappa shape index (κ1) is 19.2. The van der Waals surface area contributed by atoms with E-state index in [4.69, 9.17) is 0 Å². The maximum Gasteiger partial charge on any atom is 0.254 e. The number of hydrogen-bond donors (Lipinski definition) is 3. The molecule has 0 fully saturated rings. The summed E-state index contributed by atoms with van der Waals surface area (Å²) in [5.74, 6) is 0.0343. The van der Waals surface area contributed by atoms with Crippen LogP contribution in [0.2, 0.25) is 0 Å². The fourth-order valence-corrected chi connectivity index (χ4v) is 4.26. The zero-order chi connectivity index (χ0) is 22.2. The van der Waals surface area contributed by atoms with E-state index in [1.54, 1.807) is 30.7 Å². The Balaban J connectivity index is 1.24. The maximum atomic E-state index is 12.7. The minimum Gasteiger partial charge on any atom is -0.355 e. The minimum atomic E-state index is 0.0343. The molecule has 0 radical (unpaired) electrons. The summed E-state index contributed by atoms with van der Waals surface area (Å²) >= 11 is 0. The molecule has 33 heavy (non-hydrogen) atoms. The Hall–Kier alpha value is -4.46. The topological polar surface area (TPSA) is 103 Å². The average molecular weight is 435 g/mol. The summed E-state index contributed by atoms with van der Waals surface area (Å²) in [7, 11) is 0. The smallest absolute Gasteiger partial charge is 0.254 e. The molecule has 3 N–H and O–H groups in total. The number of carbonyl (C=O) groups excluding carboxylic acids is 1. The molecule has 1 amide bonds. The van der Waals surface area contributed by atoms with Gasteiger partial charge in [-0.15, -0.1) is 0 Å². The van der Waals surface area contributed by atoms with E-state index in [0.717, 1.165) is 45.4 Å². The molecule has 0 bridgehead atoms. The predicted molar refractivity (Wildman–Crippen MR) is 128 cm³/mol. The SMILES string of the molecule is O=C(c1ccncc1)N1CC=C(c2cc3c(Nc4ccc5[nH]ncc5c4)ccnc3[nH]2)CC1. The van der Waals surface area contributed by atoms with Gasteiger partial charge in [0.25, 0.3) is 5.91 Å². The molecule has 0 unspecified atom stereocenters. The van der Waals surface area contributed by atoms with Crippen molar-refractivity contribution < 1.29 is 4.79 Å². The van der Waals surface area contributed by atoms with Crippen LogP contribution >= 0.6 is 0 Å². The molecule has 4 aromatic heterocycles. The van der Waals surface area contributed by atoms with Crippen LogP contribution in [-0.2, 0) is 0 Å². The Bertz CT molecular complexity index is 1500. The molecule has 8 nitrogen and oxygen atoms in total. The lowest BCUT2D eigenvalue weighted by molar-refractivity contribution is 0.0772. The Labute approximate surface area is 189 Å². The number of fused-ring (bicyclic) bond motifs is 2. The van der Waals surface area contributed by atoms with Crippen LogP contribution in [0.25, 0.3) is 27.5 Å². The summed E-state index contributed by atoms with van der Waals surface area (Å²) in [4.78, 5) is 26.5. The van der Waals surface area contributed by atoms with E-state index in [2.05, 4.69) is 48.7 Å². The second kappa shape index (κ2) is 7.90. The molecule has 6 rings (SSSR count). The molecule has 0 atom stereocenters. The number of hydrogen-bond acceptors (Lipinski definition) is 5. The van der Waals surface area contributed by atoms with Gasteiger partial charge in [0.2, 0.25) is 0 Å². The minimum absolute atomic E-state index is 0.0343. The van der Waals surface area contributed by atoms with Gasteiger partial charge in [0.15, 0.2) is 0 Å². The normalized spacial score (nSPS) is 13.9. The largest absolute Gasteiger partial charge is 0.355 e. The van der Waals surface area contributed by atoms with E-state index >= 15 is 0 Å². The van der Waals surface area contributed by atoms with E-state index in [1.165, 1.54) is 5.57 Å². The number of amides is 1. The molecule has 1 aliphatic heterocycles. The van der Waals surface area contributed by atoms with Crippen molar-refractivity contribution in [2.75, 3.05) is 18.4 Å². The highest BCUT2D eigenvalue weighted by Gasteiger charge is 2.20. The van der Waals surface area contributed by atoms with Gasteiger partial charge in [0, 0.05) is 59.4 Å². The first-order valence-corrected chi connectivity index (χ1v) is 10.8. The molecule has 0 spiro atoms. The highest BCUT2D eigenvalue weighted by atomic mass is 16.2. The van der Waals surface area contributed by atoms with Gasteiger partial charge in [-0.05, 0) is 54.5 Å². The van der Waals surface area contributed by atoms with Crippen LogP contribution in [0.4, 0.5) is 11.4 Å². The van der Waals surface area contributed by atoms with Crippen molar-refractivity contribution in [2.24, 2.45) is 0 Å².